The minimum Gasteiger partial charge on any atom is -0.0882 e. The SMILES string of the molecule is CCCC=CCC=CCCC. The molecule has 0 heteroatoms. The van der Waals surface area contributed by atoms with Gasteiger partial charge in [0, 0.05) is 0 Å². The molecule has 11 heavy (non-hydrogen) atoms. The van der Waals surface area contributed by atoms with Gasteiger partial charge in [0.05, 0.1) is 0 Å². The van der Waals surface area contributed by atoms with Crippen LogP contribution in [0.25, 0.3) is 0 Å². The molecule has 0 bridgehead atoms. The van der Waals surface area contributed by atoms with E-state index in [0.29, 0.717) is 0 Å². The molecule has 0 N–H and O–H groups in total. The quantitative estimate of drug-likeness (QED) is 0.503. The molecule has 64 valence electrons. The molecule has 0 rings (SSSR count). The molecule has 0 atom stereocenters. The molecule has 0 amide bonds. The topological polar surface area (TPSA) is 0 Å². The van der Waals surface area contributed by atoms with Crippen molar-refractivity contribution in [3.05, 3.63) is 24.3 Å². The maximum absolute atomic E-state index is 2.26. The van der Waals surface area contributed by atoms with Crippen LogP contribution < -0.4 is 0 Å². The molecule has 0 aliphatic rings. The average molecular weight is 152 g/mol. The van der Waals surface area contributed by atoms with Crippen LogP contribution in [0, 0.1) is 0 Å². The summed E-state index contributed by atoms with van der Waals surface area (Å²) in [6, 6.07) is 0. The van der Waals surface area contributed by atoms with Gasteiger partial charge in [0.25, 0.3) is 0 Å². The summed E-state index contributed by atoms with van der Waals surface area (Å²) in [5.41, 5.74) is 0. The van der Waals surface area contributed by atoms with Crippen LogP contribution in [0.3, 0.4) is 0 Å². The minimum atomic E-state index is 1.11. The van der Waals surface area contributed by atoms with Crippen LogP contribution in [0.5, 0.6) is 0 Å². The van der Waals surface area contributed by atoms with Gasteiger partial charge in [-0.2, -0.15) is 0 Å². The Morgan fingerprint density at radius 2 is 1.18 bits per heavy atom. The highest BCUT2D eigenvalue weighted by Gasteiger charge is 1.73. The van der Waals surface area contributed by atoms with Gasteiger partial charge >= 0.3 is 0 Å². The molecule has 0 fully saturated rings. The van der Waals surface area contributed by atoms with Gasteiger partial charge in [-0.15, -0.1) is 0 Å². The first-order chi connectivity index (χ1) is 5.41. The second-order valence-corrected chi connectivity index (χ2v) is 2.76. The summed E-state index contributed by atoms with van der Waals surface area (Å²) in [5.74, 6) is 0. The molecule has 0 spiro atoms. The van der Waals surface area contributed by atoms with Gasteiger partial charge in [0.15, 0.2) is 0 Å². The van der Waals surface area contributed by atoms with Crippen molar-refractivity contribution in [3.63, 3.8) is 0 Å². The summed E-state index contributed by atoms with van der Waals surface area (Å²) < 4.78 is 0. The van der Waals surface area contributed by atoms with Crippen molar-refractivity contribution < 1.29 is 0 Å². The molecule has 0 aromatic heterocycles. The van der Waals surface area contributed by atoms with Gasteiger partial charge < -0.3 is 0 Å². The summed E-state index contributed by atoms with van der Waals surface area (Å²) in [6.45, 7) is 4.41. The van der Waals surface area contributed by atoms with Crippen LogP contribution in [0.15, 0.2) is 24.3 Å². The number of hydrogen-bond acceptors (Lipinski definition) is 0. The molecular formula is C11H20. The normalized spacial score (nSPS) is 11.8. The highest BCUT2D eigenvalue weighted by Crippen LogP contribution is 1.94. The lowest BCUT2D eigenvalue weighted by Gasteiger charge is -1.84. The Labute approximate surface area is 71.0 Å². The van der Waals surface area contributed by atoms with Crippen LogP contribution in [0.2, 0.25) is 0 Å². The highest BCUT2D eigenvalue weighted by molar-refractivity contribution is 4.92. The molecule has 0 saturated carbocycles. The van der Waals surface area contributed by atoms with Gasteiger partial charge in [-0.05, 0) is 19.3 Å². The Bertz CT molecular complexity index is 95.2. The van der Waals surface area contributed by atoms with Crippen LogP contribution in [0.4, 0.5) is 0 Å². The fourth-order valence-corrected chi connectivity index (χ4v) is 0.840. The molecule has 0 saturated heterocycles. The van der Waals surface area contributed by atoms with Crippen molar-refractivity contribution in [1.29, 1.82) is 0 Å². The van der Waals surface area contributed by atoms with Gasteiger partial charge in [-0.1, -0.05) is 51.0 Å². The number of hydrogen-bond donors (Lipinski definition) is 0. The monoisotopic (exact) mass is 152 g/mol. The van der Waals surface area contributed by atoms with E-state index < -0.39 is 0 Å². The second kappa shape index (κ2) is 9.48. The van der Waals surface area contributed by atoms with Crippen LogP contribution >= 0.6 is 0 Å². The van der Waals surface area contributed by atoms with E-state index in [1.807, 2.05) is 0 Å². The summed E-state index contributed by atoms with van der Waals surface area (Å²) in [5, 5.41) is 0. The van der Waals surface area contributed by atoms with Crippen LogP contribution in [0.1, 0.15) is 46.0 Å². The fraction of sp³-hybridized carbons (Fsp3) is 0.636. The van der Waals surface area contributed by atoms with E-state index in [4.69, 9.17) is 0 Å². The van der Waals surface area contributed by atoms with Crippen molar-refractivity contribution in [2.24, 2.45) is 0 Å². The van der Waals surface area contributed by atoms with E-state index in [2.05, 4.69) is 38.2 Å². The zero-order valence-electron chi connectivity index (χ0n) is 7.84. The zero-order chi connectivity index (χ0) is 8.36. The van der Waals surface area contributed by atoms with E-state index >= 15 is 0 Å². The van der Waals surface area contributed by atoms with E-state index in [-0.39, 0.29) is 0 Å². The second-order valence-electron chi connectivity index (χ2n) is 2.76. The van der Waals surface area contributed by atoms with E-state index in [0.717, 1.165) is 6.42 Å². The first-order valence-electron chi connectivity index (χ1n) is 4.71. The van der Waals surface area contributed by atoms with Crippen LogP contribution in [-0.4, -0.2) is 0 Å². The third-order valence-corrected chi connectivity index (χ3v) is 1.52. The minimum absolute atomic E-state index is 1.11. The molecule has 0 radical (unpaired) electrons. The molecule has 0 heterocycles. The Morgan fingerprint density at radius 1 is 0.727 bits per heavy atom. The van der Waals surface area contributed by atoms with Crippen molar-refractivity contribution in [3.8, 4) is 0 Å². The highest BCUT2D eigenvalue weighted by atomic mass is 13.8. The Morgan fingerprint density at radius 3 is 1.55 bits per heavy atom. The van der Waals surface area contributed by atoms with E-state index in [1.165, 1.54) is 25.7 Å². The standard InChI is InChI=1S/C11H20/c1-3-5-7-9-11-10-8-6-4-2/h7-10H,3-6,11H2,1-2H3. The van der Waals surface area contributed by atoms with Crippen molar-refractivity contribution in [2.45, 2.75) is 46.0 Å². The third kappa shape index (κ3) is 9.48. The predicted molar refractivity (Wildman–Crippen MR) is 52.7 cm³/mol. The Hall–Kier alpha value is -0.520. The van der Waals surface area contributed by atoms with Crippen molar-refractivity contribution >= 4 is 0 Å². The number of unbranched alkanes of at least 4 members (excludes halogenated alkanes) is 2. The zero-order valence-corrected chi connectivity index (χ0v) is 7.84. The molecule has 0 aromatic carbocycles. The molecular weight excluding hydrogens is 132 g/mol. The first-order valence-corrected chi connectivity index (χ1v) is 4.71. The van der Waals surface area contributed by atoms with E-state index in [1.54, 1.807) is 0 Å². The van der Waals surface area contributed by atoms with Crippen molar-refractivity contribution in [1.82, 2.24) is 0 Å². The van der Waals surface area contributed by atoms with Gasteiger partial charge in [0.1, 0.15) is 0 Å². The van der Waals surface area contributed by atoms with Gasteiger partial charge in [0.2, 0.25) is 0 Å². The largest absolute Gasteiger partial charge is 0.0882 e. The Balaban J connectivity index is 3.11. The molecule has 0 unspecified atom stereocenters. The third-order valence-electron chi connectivity index (χ3n) is 1.52. The van der Waals surface area contributed by atoms with Gasteiger partial charge in [-0.3, -0.25) is 0 Å². The summed E-state index contributed by atoms with van der Waals surface area (Å²) >= 11 is 0. The first kappa shape index (κ1) is 10.5. The molecule has 0 aliphatic carbocycles. The lowest BCUT2D eigenvalue weighted by molar-refractivity contribution is 0.948. The van der Waals surface area contributed by atoms with Crippen molar-refractivity contribution in [2.75, 3.05) is 0 Å². The van der Waals surface area contributed by atoms with Gasteiger partial charge in [-0.25, -0.2) is 0 Å². The van der Waals surface area contributed by atoms with Crippen LogP contribution in [-0.2, 0) is 0 Å². The summed E-state index contributed by atoms with van der Waals surface area (Å²) in [6.07, 6.45) is 15.1. The molecule has 0 aliphatic heterocycles. The smallest absolute Gasteiger partial charge is 0.0169 e. The molecule has 0 nitrogen and oxygen atoms in total. The number of allylic oxidation sites excluding steroid dienone is 4. The fourth-order valence-electron chi connectivity index (χ4n) is 0.840. The van der Waals surface area contributed by atoms with E-state index in [9.17, 15) is 0 Å². The number of rotatable bonds is 6. The lowest BCUT2D eigenvalue weighted by atomic mass is 10.2. The summed E-state index contributed by atoms with van der Waals surface area (Å²) in [4.78, 5) is 0. The molecule has 0 aromatic rings. The maximum atomic E-state index is 2.26. The maximum Gasteiger partial charge on any atom is -0.0169 e. The summed E-state index contributed by atoms with van der Waals surface area (Å²) in [7, 11) is 0. The predicted octanol–water partition coefficient (Wildman–Crippen LogP) is 4.09. The Kier molecular flexibility index (Phi) is 9.03. The lowest BCUT2D eigenvalue weighted by Crippen LogP contribution is -1.64. The average Bonchev–Trinajstić information content (AvgIpc) is 2.03.